The van der Waals surface area contributed by atoms with Gasteiger partial charge in [-0.3, -0.25) is 0 Å². The first-order valence-electron chi connectivity index (χ1n) is 9.02. The normalized spacial score (nSPS) is 11.6. The highest BCUT2D eigenvalue weighted by Gasteiger charge is 2.33. The maximum absolute atomic E-state index is 10.3. The van der Waals surface area contributed by atoms with Gasteiger partial charge in [-0.1, -0.05) is 52.3 Å². The van der Waals surface area contributed by atoms with E-state index in [1.807, 2.05) is 39.8 Å². The van der Waals surface area contributed by atoms with Gasteiger partial charge >= 0.3 is 0 Å². The van der Waals surface area contributed by atoms with E-state index in [0.29, 0.717) is 11.5 Å². The molecule has 2 N–H and O–H groups in total. The minimum atomic E-state index is -0.434. The Morgan fingerprint density at radius 3 is 1.44 bits per heavy atom. The van der Waals surface area contributed by atoms with E-state index in [4.69, 9.17) is 0 Å². The van der Waals surface area contributed by atoms with E-state index in [-0.39, 0.29) is 0 Å². The third-order valence-electron chi connectivity index (χ3n) is 5.54. The van der Waals surface area contributed by atoms with Crippen molar-refractivity contribution < 1.29 is 10.2 Å². The van der Waals surface area contributed by atoms with Crippen LogP contribution in [0.2, 0.25) is 0 Å². The van der Waals surface area contributed by atoms with Crippen molar-refractivity contribution in [2.75, 3.05) is 0 Å². The molecular weight excluding hydrogens is 400 g/mol. The summed E-state index contributed by atoms with van der Waals surface area (Å²) in [5.41, 5.74) is 6.37. The molecular formula is C24H25BrO2. The minimum Gasteiger partial charge on any atom is -0.507 e. The summed E-state index contributed by atoms with van der Waals surface area (Å²) in [6, 6.07) is 16.5. The van der Waals surface area contributed by atoms with Crippen molar-refractivity contribution in [3.8, 4) is 11.5 Å². The summed E-state index contributed by atoms with van der Waals surface area (Å²) >= 11 is 3.60. The molecule has 0 amide bonds. The van der Waals surface area contributed by atoms with Crippen LogP contribution in [-0.4, -0.2) is 10.2 Å². The van der Waals surface area contributed by atoms with Gasteiger partial charge < -0.3 is 10.2 Å². The van der Waals surface area contributed by atoms with Crippen molar-refractivity contribution in [2.24, 2.45) is 0 Å². The van der Waals surface area contributed by atoms with E-state index in [9.17, 15) is 10.2 Å². The molecule has 3 aromatic rings. The highest BCUT2D eigenvalue weighted by molar-refractivity contribution is 9.10. The van der Waals surface area contributed by atoms with Crippen LogP contribution < -0.4 is 0 Å². The predicted octanol–water partition coefficient (Wildman–Crippen LogP) is 6.45. The summed E-state index contributed by atoms with van der Waals surface area (Å²) in [4.78, 5) is 0. The third-order valence-corrected chi connectivity index (χ3v) is 6.03. The number of phenolic OH excluding ortho intramolecular Hbond substituents is 2. The Kier molecular flexibility index (Phi) is 5.09. The summed E-state index contributed by atoms with van der Waals surface area (Å²) in [5.74, 6) is 0.682. The Bertz CT molecular complexity index is 917. The zero-order valence-corrected chi connectivity index (χ0v) is 18.0. The van der Waals surface area contributed by atoms with E-state index in [2.05, 4.69) is 59.3 Å². The fraction of sp³-hybridized carbons (Fsp3) is 0.250. The number of benzene rings is 3. The quantitative estimate of drug-likeness (QED) is 0.474. The Morgan fingerprint density at radius 2 is 1.07 bits per heavy atom. The summed E-state index contributed by atoms with van der Waals surface area (Å²) in [6.45, 7) is 9.92. The van der Waals surface area contributed by atoms with Gasteiger partial charge in [-0.2, -0.15) is 0 Å². The summed E-state index contributed by atoms with van der Waals surface area (Å²) in [7, 11) is 0. The topological polar surface area (TPSA) is 40.5 Å². The van der Waals surface area contributed by atoms with Gasteiger partial charge in [0.05, 0.1) is 0 Å². The van der Waals surface area contributed by atoms with Crippen molar-refractivity contribution in [1.29, 1.82) is 0 Å². The Hall–Kier alpha value is -2.26. The second kappa shape index (κ2) is 7.05. The Balaban J connectivity index is 2.38. The van der Waals surface area contributed by atoms with Crippen molar-refractivity contribution >= 4 is 15.9 Å². The smallest absolute Gasteiger partial charge is 0.121 e. The first-order valence-corrected chi connectivity index (χ1v) is 9.81. The van der Waals surface area contributed by atoms with Crippen LogP contribution in [0.3, 0.4) is 0 Å². The monoisotopic (exact) mass is 424 g/mol. The lowest BCUT2D eigenvalue weighted by Crippen LogP contribution is -2.26. The van der Waals surface area contributed by atoms with E-state index in [0.717, 1.165) is 43.4 Å². The summed E-state index contributed by atoms with van der Waals surface area (Å²) in [5, 5.41) is 20.5. The molecule has 27 heavy (non-hydrogen) atoms. The van der Waals surface area contributed by atoms with Crippen LogP contribution in [-0.2, 0) is 5.41 Å². The van der Waals surface area contributed by atoms with Gasteiger partial charge in [-0.15, -0.1) is 0 Å². The lowest BCUT2D eigenvalue weighted by atomic mass is 9.70. The standard InChI is InChI=1S/C24H25BrO2/c1-14-9-19(10-15(2)22(14)26)24(5,18-7-6-8-21(25)13-18)20-11-16(3)23(27)17(4)12-20/h6-13,26-27H,1-5H3. The van der Waals surface area contributed by atoms with Crippen molar-refractivity contribution in [3.05, 3.63) is 91.9 Å². The van der Waals surface area contributed by atoms with Crippen LogP contribution >= 0.6 is 15.9 Å². The first kappa shape index (κ1) is 19.5. The van der Waals surface area contributed by atoms with Crippen molar-refractivity contribution in [3.63, 3.8) is 0 Å². The minimum absolute atomic E-state index is 0.341. The summed E-state index contributed by atoms with van der Waals surface area (Å²) < 4.78 is 1.02. The molecule has 0 fully saturated rings. The lowest BCUT2D eigenvalue weighted by molar-refractivity contribution is 0.465. The van der Waals surface area contributed by atoms with Crippen LogP contribution in [0.15, 0.2) is 53.0 Å². The molecule has 0 unspecified atom stereocenters. The van der Waals surface area contributed by atoms with Crippen molar-refractivity contribution in [2.45, 2.75) is 40.0 Å². The van der Waals surface area contributed by atoms with Crippen molar-refractivity contribution in [1.82, 2.24) is 0 Å². The number of halogens is 1. The zero-order valence-electron chi connectivity index (χ0n) is 16.4. The fourth-order valence-corrected chi connectivity index (χ4v) is 4.19. The molecule has 140 valence electrons. The fourth-order valence-electron chi connectivity index (χ4n) is 3.79. The molecule has 2 nitrogen and oxygen atoms in total. The molecule has 0 saturated carbocycles. The van der Waals surface area contributed by atoms with Gasteiger partial charge in [0.1, 0.15) is 11.5 Å². The average Bonchev–Trinajstić information content (AvgIpc) is 2.62. The molecule has 0 atom stereocenters. The van der Waals surface area contributed by atoms with Crippen LogP contribution in [0.25, 0.3) is 0 Å². The average molecular weight is 425 g/mol. The maximum atomic E-state index is 10.3. The van der Waals surface area contributed by atoms with Crippen LogP contribution in [0.4, 0.5) is 0 Å². The molecule has 0 aliphatic heterocycles. The van der Waals surface area contributed by atoms with E-state index < -0.39 is 5.41 Å². The third kappa shape index (κ3) is 3.37. The number of aromatic hydroxyl groups is 2. The highest BCUT2D eigenvalue weighted by atomic mass is 79.9. The van der Waals surface area contributed by atoms with Gasteiger partial charge in [0.2, 0.25) is 0 Å². The molecule has 0 heterocycles. The number of aryl methyl sites for hydroxylation is 4. The SMILES string of the molecule is Cc1cc(C(C)(c2cccc(Br)c2)c2cc(C)c(O)c(C)c2)cc(C)c1O. The van der Waals surface area contributed by atoms with Crippen LogP contribution in [0.1, 0.15) is 45.9 Å². The summed E-state index contributed by atoms with van der Waals surface area (Å²) in [6.07, 6.45) is 0. The van der Waals surface area contributed by atoms with Gasteiger partial charge in [0, 0.05) is 9.89 Å². The highest BCUT2D eigenvalue weighted by Crippen LogP contribution is 2.43. The molecule has 3 heteroatoms. The van der Waals surface area contributed by atoms with Gasteiger partial charge in [-0.05, 0) is 85.7 Å². The molecule has 0 saturated heterocycles. The number of hydrogen-bond donors (Lipinski definition) is 2. The molecule has 3 aromatic carbocycles. The first-order chi connectivity index (χ1) is 12.6. The van der Waals surface area contributed by atoms with Gasteiger partial charge in [0.15, 0.2) is 0 Å². The largest absolute Gasteiger partial charge is 0.507 e. The zero-order chi connectivity index (χ0) is 19.9. The number of rotatable bonds is 3. The Labute approximate surface area is 169 Å². The predicted molar refractivity (Wildman–Crippen MR) is 115 cm³/mol. The lowest BCUT2D eigenvalue weighted by Gasteiger charge is -2.33. The molecule has 0 radical (unpaired) electrons. The van der Waals surface area contributed by atoms with E-state index >= 15 is 0 Å². The van der Waals surface area contributed by atoms with Gasteiger partial charge in [0.25, 0.3) is 0 Å². The molecule has 0 spiro atoms. The van der Waals surface area contributed by atoms with Crippen LogP contribution in [0.5, 0.6) is 11.5 Å². The number of phenols is 2. The molecule has 3 rings (SSSR count). The molecule has 0 aliphatic rings. The second-order valence-corrected chi connectivity index (χ2v) is 8.47. The maximum Gasteiger partial charge on any atom is 0.121 e. The molecule has 0 bridgehead atoms. The Morgan fingerprint density at radius 1 is 0.667 bits per heavy atom. The van der Waals surface area contributed by atoms with Gasteiger partial charge in [-0.25, -0.2) is 0 Å². The molecule has 0 aliphatic carbocycles. The number of hydrogen-bond acceptors (Lipinski definition) is 2. The van der Waals surface area contributed by atoms with E-state index in [1.165, 1.54) is 0 Å². The van der Waals surface area contributed by atoms with E-state index in [1.54, 1.807) is 0 Å². The molecule has 0 aromatic heterocycles. The second-order valence-electron chi connectivity index (χ2n) is 7.55. The van der Waals surface area contributed by atoms with Crippen LogP contribution in [0, 0.1) is 27.7 Å².